The van der Waals surface area contributed by atoms with Crippen LogP contribution >= 0.6 is 0 Å². The maximum atomic E-state index is 11.8. The molecule has 2 nitrogen and oxygen atoms in total. The van der Waals surface area contributed by atoms with Gasteiger partial charge in [0.05, 0.1) is 18.7 Å². The fourth-order valence-corrected chi connectivity index (χ4v) is 1.01. The van der Waals surface area contributed by atoms with Gasteiger partial charge in [0.15, 0.2) is 0 Å². The van der Waals surface area contributed by atoms with E-state index in [1.807, 2.05) is 26.8 Å². The summed E-state index contributed by atoms with van der Waals surface area (Å²) in [4.78, 5) is 0. The summed E-state index contributed by atoms with van der Waals surface area (Å²) in [5.41, 5.74) is -0.154. The largest absolute Gasteiger partial charge is 0.401 e. The van der Waals surface area contributed by atoms with Gasteiger partial charge < -0.3 is 0 Å². The van der Waals surface area contributed by atoms with Crippen molar-refractivity contribution in [2.75, 3.05) is 6.54 Å². The summed E-state index contributed by atoms with van der Waals surface area (Å²) >= 11 is 0. The SMILES string of the molecule is CC(C)(C)CC(C#N)NCC(F)(F)F. The Morgan fingerprint density at radius 2 is 1.79 bits per heavy atom. The first-order valence-electron chi connectivity index (χ1n) is 4.34. The summed E-state index contributed by atoms with van der Waals surface area (Å²) in [7, 11) is 0. The van der Waals surface area contributed by atoms with Gasteiger partial charge in [-0.3, -0.25) is 5.32 Å². The number of halogens is 3. The van der Waals surface area contributed by atoms with Gasteiger partial charge >= 0.3 is 6.18 Å². The molecule has 0 aliphatic carbocycles. The van der Waals surface area contributed by atoms with Crippen LogP contribution in [-0.4, -0.2) is 18.8 Å². The summed E-state index contributed by atoms with van der Waals surface area (Å²) < 4.78 is 35.4. The lowest BCUT2D eigenvalue weighted by Crippen LogP contribution is -2.38. The van der Waals surface area contributed by atoms with Gasteiger partial charge in [0.1, 0.15) is 0 Å². The third-order valence-corrected chi connectivity index (χ3v) is 1.52. The van der Waals surface area contributed by atoms with Crippen LogP contribution in [0.1, 0.15) is 27.2 Å². The number of rotatable bonds is 3. The molecule has 0 aliphatic rings. The van der Waals surface area contributed by atoms with E-state index in [0.717, 1.165) is 0 Å². The molecule has 0 saturated carbocycles. The Balaban J connectivity index is 4.01. The minimum atomic E-state index is -4.26. The Hall–Kier alpha value is -0.760. The zero-order valence-electron chi connectivity index (χ0n) is 8.57. The van der Waals surface area contributed by atoms with Crippen LogP contribution in [0.15, 0.2) is 0 Å². The van der Waals surface area contributed by atoms with E-state index in [0.29, 0.717) is 6.42 Å². The summed E-state index contributed by atoms with van der Waals surface area (Å²) in [6.07, 6.45) is -3.85. The molecule has 0 aliphatic heterocycles. The molecule has 0 saturated heterocycles. The first kappa shape index (κ1) is 13.2. The smallest absolute Gasteiger partial charge is 0.294 e. The van der Waals surface area contributed by atoms with E-state index < -0.39 is 18.8 Å². The molecule has 0 aromatic rings. The van der Waals surface area contributed by atoms with Crippen molar-refractivity contribution in [1.82, 2.24) is 5.32 Å². The maximum Gasteiger partial charge on any atom is 0.401 e. The van der Waals surface area contributed by atoms with E-state index >= 15 is 0 Å². The monoisotopic (exact) mass is 208 g/mol. The Morgan fingerprint density at radius 3 is 2.07 bits per heavy atom. The quantitative estimate of drug-likeness (QED) is 0.773. The van der Waals surface area contributed by atoms with E-state index in [-0.39, 0.29) is 5.41 Å². The predicted molar refractivity (Wildman–Crippen MR) is 47.5 cm³/mol. The Kier molecular flexibility index (Phi) is 4.40. The van der Waals surface area contributed by atoms with E-state index in [4.69, 9.17) is 5.26 Å². The van der Waals surface area contributed by atoms with Crippen molar-refractivity contribution >= 4 is 0 Å². The summed E-state index contributed by atoms with van der Waals surface area (Å²) in [6, 6.07) is 1.08. The summed E-state index contributed by atoms with van der Waals surface area (Å²) in [5.74, 6) is 0. The molecule has 0 amide bonds. The van der Waals surface area contributed by atoms with Crippen molar-refractivity contribution in [3.05, 3.63) is 0 Å². The molecule has 0 heterocycles. The molecular formula is C9H15F3N2. The number of hydrogen-bond donors (Lipinski definition) is 1. The van der Waals surface area contributed by atoms with Gasteiger partial charge in [-0.1, -0.05) is 20.8 Å². The van der Waals surface area contributed by atoms with Crippen LogP contribution < -0.4 is 5.32 Å². The highest BCUT2D eigenvalue weighted by Gasteiger charge is 2.29. The zero-order chi connectivity index (χ0) is 11.4. The van der Waals surface area contributed by atoms with Crippen LogP contribution in [-0.2, 0) is 0 Å². The number of nitrogens with one attached hydrogen (secondary N) is 1. The lowest BCUT2D eigenvalue weighted by atomic mass is 9.88. The van der Waals surface area contributed by atoms with Crippen molar-refractivity contribution in [1.29, 1.82) is 5.26 Å². The van der Waals surface area contributed by atoms with Crippen LogP contribution in [0.3, 0.4) is 0 Å². The molecule has 1 unspecified atom stereocenters. The molecule has 14 heavy (non-hydrogen) atoms. The molecule has 1 atom stereocenters. The minimum absolute atomic E-state index is 0.154. The second-order valence-electron chi connectivity index (χ2n) is 4.44. The van der Waals surface area contributed by atoms with Crippen LogP contribution in [0.25, 0.3) is 0 Å². The highest BCUT2D eigenvalue weighted by atomic mass is 19.4. The van der Waals surface area contributed by atoms with Crippen molar-refractivity contribution in [3.8, 4) is 6.07 Å². The molecule has 0 rings (SSSR count). The number of hydrogen-bond acceptors (Lipinski definition) is 2. The molecule has 0 aromatic heterocycles. The topological polar surface area (TPSA) is 35.8 Å². The average molecular weight is 208 g/mol. The van der Waals surface area contributed by atoms with Gasteiger partial charge in [-0.25, -0.2) is 0 Å². The van der Waals surface area contributed by atoms with Crippen LogP contribution in [0.4, 0.5) is 13.2 Å². The van der Waals surface area contributed by atoms with Crippen LogP contribution in [0.2, 0.25) is 0 Å². The van der Waals surface area contributed by atoms with Gasteiger partial charge in [0, 0.05) is 0 Å². The van der Waals surface area contributed by atoms with E-state index in [1.165, 1.54) is 0 Å². The molecule has 0 bridgehead atoms. The summed E-state index contributed by atoms with van der Waals surface area (Å²) in [5, 5.41) is 10.8. The Labute approximate surface area is 82.1 Å². The third-order valence-electron chi connectivity index (χ3n) is 1.52. The van der Waals surface area contributed by atoms with E-state index in [1.54, 1.807) is 0 Å². The van der Waals surface area contributed by atoms with Crippen molar-refractivity contribution in [3.63, 3.8) is 0 Å². The fourth-order valence-electron chi connectivity index (χ4n) is 1.01. The van der Waals surface area contributed by atoms with Gasteiger partial charge in [0.2, 0.25) is 0 Å². The molecule has 5 heteroatoms. The molecule has 0 fully saturated rings. The maximum absolute atomic E-state index is 11.8. The van der Waals surface area contributed by atoms with Crippen LogP contribution in [0, 0.1) is 16.7 Å². The Bertz CT molecular complexity index is 210. The minimum Gasteiger partial charge on any atom is -0.294 e. The third kappa shape index (κ3) is 7.87. The average Bonchev–Trinajstić information content (AvgIpc) is 1.94. The van der Waals surface area contributed by atoms with Crippen molar-refractivity contribution in [2.24, 2.45) is 5.41 Å². The van der Waals surface area contributed by atoms with Crippen molar-refractivity contribution in [2.45, 2.75) is 39.4 Å². The fraction of sp³-hybridized carbons (Fsp3) is 0.889. The zero-order valence-corrected chi connectivity index (χ0v) is 8.57. The van der Waals surface area contributed by atoms with E-state index in [2.05, 4.69) is 5.32 Å². The first-order valence-corrected chi connectivity index (χ1v) is 4.34. The summed E-state index contributed by atoms with van der Waals surface area (Å²) in [6.45, 7) is 4.53. The number of nitrogens with zero attached hydrogens (tertiary/aromatic N) is 1. The second-order valence-corrected chi connectivity index (χ2v) is 4.44. The normalized spacial score (nSPS) is 14.9. The molecule has 82 valence electrons. The molecule has 1 N–H and O–H groups in total. The van der Waals surface area contributed by atoms with E-state index in [9.17, 15) is 13.2 Å². The number of alkyl halides is 3. The standard InChI is InChI=1S/C9H15F3N2/c1-8(2,3)4-7(5-13)14-6-9(10,11)12/h7,14H,4,6H2,1-3H3. The van der Waals surface area contributed by atoms with Gasteiger partial charge in [-0.05, 0) is 11.8 Å². The van der Waals surface area contributed by atoms with Gasteiger partial charge in [-0.15, -0.1) is 0 Å². The van der Waals surface area contributed by atoms with Crippen LogP contribution in [0.5, 0.6) is 0 Å². The van der Waals surface area contributed by atoms with Gasteiger partial charge in [-0.2, -0.15) is 18.4 Å². The predicted octanol–water partition coefficient (Wildman–Crippen LogP) is 2.47. The highest BCUT2D eigenvalue weighted by Crippen LogP contribution is 2.21. The number of nitriles is 1. The molecule has 0 aromatic carbocycles. The van der Waals surface area contributed by atoms with Crippen molar-refractivity contribution < 1.29 is 13.2 Å². The Morgan fingerprint density at radius 1 is 1.29 bits per heavy atom. The highest BCUT2D eigenvalue weighted by molar-refractivity contribution is 4.92. The second kappa shape index (κ2) is 4.65. The lowest BCUT2D eigenvalue weighted by molar-refractivity contribution is -0.125. The molecular weight excluding hydrogens is 193 g/mol. The van der Waals surface area contributed by atoms with Gasteiger partial charge in [0.25, 0.3) is 0 Å². The first-order chi connectivity index (χ1) is 6.14. The lowest BCUT2D eigenvalue weighted by Gasteiger charge is -2.22. The molecule has 0 radical (unpaired) electrons. The molecule has 0 spiro atoms.